The van der Waals surface area contributed by atoms with Gasteiger partial charge in [0.15, 0.2) is 9.84 Å². The predicted molar refractivity (Wildman–Crippen MR) is 104 cm³/mol. The van der Waals surface area contributed by atoms with E-state index in [-0.39, 0.29) is 23.2 Å². The quantitative estimate of drug-likeness (QED) is 0.593. The lowest BCUT2D eigenvalue weighted by Gasteiger charge is -2.18. The Labute approximate surface area is 157 Å². The van der Waals surface area contributed by atoms with Crippen molar-refractivity contribution in [3.05, 3.63) is 57.1 Å². The van der Waals surface area contributed by atoms with E-state index in [0.29, 0.717) is 6.42 Å². The van der Waals surface area contributed by atoms with Gasteiger partial charge in [-0.05, 0) is 38.2 Å². The molecule has 0 N–H and O–H groups in total. The second-order valence-electron chi connectivity index (χ2n) is 7.18. The lowest BCUT2D eigenvalue weighted by molar-refractivity contribution is 0.502. The molecule has 1 saturated heterocycles. The number of thioether (sulfide) groups is 1. The lowest BCUT2D eigenvalue weighted by atomic mass is 10.2. The highest BCUT2D eigenvalue weighted by Crippen LogP contribution is 2.34. The molecular formula is C19H22N2O3S2. The molecule has 1 aliphatic carbocycles. The van der Waals surface area contributed by atoms with E-state index in [1.807, 2.05) is 6.07 Å². The highest BCUT2D eigenvalue weighted by atomic mass is 32.2. The number of hydrogen-bond acceptors (Lipinski definition) is 5. The van der Waals surface area contributed by atoms with Crippen LogP contribution in [0.3, 0.4) is 0 Å². The number of hydrogen-bond donors (Lipinski definition) is 0. The first kappa shape index (κ1) is 17.8. The van der Waals surface area contributed by atoms with E-state index in [1.54, 1.807) is 16.3 Å². The van der Waals surface area contributed by atoms with Gasteiger partial charge in [-0.1, -0.05) is 29.8 Å². The Morgan fingerprint density at radius 3 is 2.88 bits per heavy atom. The third-order valence-corrected chi connectivity index (χ3v) is 8.01. The summed E-state index contributed by atoms with van der Waals surface area (Å²) >= 11 is 1.61. The van der Waals surface area contributed by atoms with Crippen LogP contribution >= 0.6 is 11.8 Å². The zero-order valence-corrected chi connectivity index (χ0v) is 16.4. The van der Waals surface area contributed by atoms with E-state index >= 15 is 0 Å². The first-order chi connectivity index (χ1) is 12.4. The van der Waals surface area contributed by atoms with Crippen LogP contribution < -0.4 is 5.69 Å². The maximum absolute atomic E-state index is 12.7. The summed E-state index contributed by atoms with van der Waals surface area (Å²) in [5.74, 6) is 1.02. The van der Waals surface area contributed by atoms with E-state index in [2.05, 4.69) is 30.1 Å². The summed E-state index contributed by atoms with van der Waals surface area (Å²) in [4.78, 5) is 17.1. The molecule has 5 nitrogen and oxygen atoms in total. The largest absolute Gasteiger partial charge is 0.349 e. The average molecular weight is 391 g/mol. The van der Waals surface area contributed by atoms with Gasteiger partial charge in [-0.15, -0.1) is 11.8 Å². The van der Waals surface area contributed by atoms with Crippen LogP contribution in [0.15, 0.2) is 34.1 Å². The molecule has 1 aromatic heterocycles. The van der Waals surface area contributed by atoms with Crippen LogP contribution in [0.4, 0.5) is 0 Å². The molecule has 0 bridgehead atoms. The van der Waals surface area contributed by atoms with Crippen molar-refractivity contribution in [1.29, 1.82) is 0 Å². The Morgan fingerprint density at radius 2 is 2.15 bits per heavy atom. The number of benzene rings is 1. The van der Waals surface area contributed by atoms with Crippen molar-refractivity contribution < 1.29 is 8.42 Å². The fourth-order valence-corrected chi connectivity index (χ4v) is 6.70. The molecule has 0 saturated carbocycles. The molecular weight excluding hydrogens is 368 g/mol. The average Bonchev–Trinajstić information content (AvgIpc) is 3.19. The van der Waals surface area contributed by atoms with Crippen LogP contribution in [0.25, 0.3) is 0 Å². The van der Waals surface area contributed by atoms with Gasteiger partial charge in [0.05, 0.1) is 17.5 Å². The molecule has 1 aliphatic heterocycles. The van der Waals surface area contributed by atoms with Gasteiger partial charge in [0.2, 0.25) is 0 Å². The number of fused-ring (bicyclic) bond motifs is 1. The number of aromatic nitrogens is 2. The van der Waals surface area contributed by atoms with E-state index in [4.69, 9.17) is 0 Å². The van der Waals surface area contributed by atoms with Crippen molar-refractivity contribution in [2.75, 3.05) is 11.5 Å². The molecule has 1 fully saturated rings. The molecule has 4 rings (SSSR count). The van der Waals surface area contributed by atoms with Crippen molar-refractivity contribution in [3.8, 4) is 0 Å². The number of aryl methyl sites for hydroxylation is 1. The number of nitrogens with zero attached hydrogens (tertiary/aromatic N) is 2. The molecule has 0 radical (unpaired) electrons. The monoisotopic (exact) mass is 390 g/mol. The molecule has 1 atom stereocenters. The predicted octanol–water partition coefficient (Wildman–Crippen LogP) is 2.69. The maximum Gasteiger partial charge on any atom is 0.349 e. The maximum atomic E-state index is 12.7. The molecule has 1 unspecified atom stereocenters. The standard InChI is InChI=1S/C19H22N2O3S2/c1-13-4-2-5-14(10-13)11-25-18-16-6-3-7-17(16)21(19(22)20-18)15-8-9-26(23,24)12-15/h2,4-5,10,15H,3,6-9,11-12H2,1H3. The molecule has 2 aromatic rings. The van der Waals surface area contributed by atoms with Gasteiger partial charge >= 0.3 is 5.69 Å². The van der Waals surface area contributed by atoms with Gasteiger partial charge in [0.25, 0.3) is 0 Å². The molecule has 2 heterocycles. The fraction of sp³-hybridized carbons (Fsp3) is 0.474. The smallest absolute Gasteiger partial charge is 0.292 e. The summed E-state index contributed by atoms with van der Waals surface area (Å²) < 4.78 is 25.4. The third kappa shape index (κ3) is 3.47. The summed E-state index contributed by atoms with van der Waals surface area (Å²) in [7, 11) is -3.03. The third-order valence-electron chi connectivity index (χ3n) is 5.17. The van der Waals surface area contributed by atoms with Gasteiger partial charge in [-0.3, -0.25) is 4.57 Å². The minimum Gasteiger partial charge on any atom is -0.292 e. The highest BCUT2D eigenvalue weighted by Gasteiger charge is 2.33. The first-order valence-electron chi connectivity index (χ1n) is 8.96. The van der Waals surface area contributed by atoms with Gasteiger partial charge in [0, 0.05) is 17.0 Å². The minimum atomic E-state index is -3.03. The second kappa shape index (κ2) is 6.85. The van der Waals surface area contributed by atoms with E-state index in [0.717, 1.165) is 41.3 Å². The summed E-state index contributed by atoms with van der Waals surface area (Å²) in [5.41, 5.74) is 4.30. The van der Waals surface area contributed by atoms with Crippen molar-refractivity contribution in [3.63, 3.8) is 0 Å². The van der Waals surface area contributed by atoms with Crippen LogP contribution in [-0.4, -0.2) is 29.5 Å². The molecule has 7 heteroatoms. The Kier molecular flexibility index (Phi) is 4.69. The molecule has 138 valence electrons. The van der Waals surface area contributed by atoms with E-state index < -0.39 is 9.84 Å². The van der Waals surface area contributed by atoms with Crippen molar-refractivity contribution in [2.45, 2.75) is 49.4 Å². The minimum absolute atomic E-state index is 0.0663. The molecule has 1 aromatic carbocycles. The van der Waals surface area contributed by atoms with Gasteiger partial charge < -0.3 is 0 Å². The van der Waals surface area contributed by atoms with Gasteiger partial charge in [-0.25, -0.2) is 13.2 Å². The van der Waals surface area contributed by atoms with E-state index in [1.165, 1.54) is 11.1 Å². The number of rotatable bonds is 4. The Morgan fingerprint density at radius 1 is 1.31 bits per heavy atom. The highest BCUT2D eigenvalue weighted by molar-refractivity contribution is 7.98. The fourth-order valence-electron chi connectivity index (χ4n) is 3.98. The molecule has 2 aliphatic rings. The van der Waals surface area contributed by atoms with Crippen LogP contribution in [0.5, 0.6) is 0 Å². The number of sulfone groups is 1. The molecule has 0 spiro atoms. The van der Waals surface area contributed by atoms with Gasteiger partial charge in [0.1, 0.15) is 5.03 Å². The SMILES string of the molecule is Cc1cccc(CSc2nc(=O)n(C3CCS(=O)(=O)C3)c3c2CCC3)c1. The summed E-state index contributed by atoms with van der Waals surface area (Å²) in [5, 5.41) is 0.820. The first-order valence-corrected chi connectivity index (χ1v) is 11.8. The van der Waals surface area contributed by atoms with Crippen molar-refractivity contribution >= 4 is 21.6 Å². The Bertz CT molecular complexity index is 1010. The molecule has 26 heavy (non-hydrogen) atoms. The van der Waals surface area contributed by atoms with Crippen LogP contribution in [0.2, 0.25) is 0 Å². The lowest BCUT2D eigenvalue weighted by Crippen LogP contribution is -2.31. The normalized spacial score (nSPS) is 21.0. The zero-order valence-electron chi connectivity index (χ0n) is 14.8. The van der Waals surface area contributed by atoms with Crippen molar-refractivity contribution in [2.24, 2.45) is 0 Å². The summed E-state index contributed by atoms with van der Waals surface area (Å²) in [6.07, 6.45) is 3.27. The van der Waals surface area contributed by atoms with Crippen LogP contribution in [0, 0.1) is 6.92 Å². The Hall–Kier alpha value is -1.60. The summed E-state index contributed by atoms with van der Waals surface area (Å²) in [6, 6.07) is 8.10. The second-order valence-corrected chi connectivity index (χ2v) is 10.4. The molecule has 0 amide bonds. The van der Waals surface area contributed by atoms with Crippen LogP contribution in [0.1, 0.15) is 41.3 Å². The van der Waals surface area contributed by atoms with Crippen LogP contribution in [-0.2, 0) is 28.4 Å². The Balaban J connectivity index is 1.65. The van der Waals surface area contributed by atoms with Crippen molar-refractivity contribution in [1.82, 2.24) is 9.55 Å². The topological polar surface area (TPSA) is 69.0 Å². The summed E-state index contributed by atoms with van der Waals surface area (Å²) in [6.45, 7) is 2.07. The van der Waals surface area contributed by atoms with Gasteiger partial charge in [-0.2, -0.15) is 4.98 Å². The van der Waals surface area contributed by atoms with E-state index in [9.17, 15) is 13.2 Å². The zero-order chi connectivity index (χ0) is 18.3.